The summed E-state index contributed by atoms with van der Waals surface area (Å²) in [5.74, 6) is -1.21. The van der Waals surface area contributed by atoms with Gasteiger partial charge in [0.1, 0.15) is 17.2 Å². The number of hydrogen-bond donors (Lipinski definition) is 0. The van der Waals surface area contributed by atoms with E-state index in [2.05, 4.69) is 6.58 Å². The maximum Gasteiger partial charge on any atom is 0.411 e. The number of amides is 1. The highest BCUT2D eigenvalue weighted by Crippen LogP contribution is 2.40. The van der Waals surface area contributed by atoms with Crippen LogP contribution in [0, 0.1) is 11.6 Å². The fourth-order valence-corrected chi connectivity index (χ4v) is 4.31. The van der Waals surface area contributed by atoms with Gasteiger partial charge in [-0.1, -0.05) is 60.7 Å². The number of carbonyl (C=O) groups excluding carboxylic acids is 1. The van der Waals surface area contributed by atoms with Gasteiger partial charge in [0.15, 0.2) is 0 Å². The predicted molar refractivity (Wildman–Crippen MR) is 121 cm³/mol. The molecule has 0 unspecified atom stereocenters. The molecule has 1 heterocycles. The maximum atomic E-state index is 14.1. The van der Waals surface area contributed by atoms with E-state index in [4.69, 9.17) is 4.74 Å². The van der Waals surface area contributed by atoms with Gasteiger partial charge in [-0.15, -0.1) is 6.58 Å². The smallest absolute Gasteiger partial charge is 0.411 e. The van der Waals surface area contributed by atoms with Gasteiger partial charge in [0.05, 0.1) is 6.04 Å². The molecule has 0 saturated carbocycles. The molecule has 3 aromatic carbocycles. The second-order valence-electron chi connectivity index (χ2n) is 8.09. The molecule has 1 fully saturated rings. The number of nitrogens with zero attached hydrogens (tertiary/aromatic N) is 1. The van der Waals surface area contributed by atoms with Gasteiger partial charge in [-0.2, -0.15) is 0 Å². The molecular weight excluding hydrogens is 408 g/mol. The van der Waals surface area contributed by atoms with Gasteiger partial charge in [0.2, 0.25) is 0 Å². The van der Waals surface area contributed by atoms with Crippen molar-refractivity contribution in [1.82, 2.24) is 4.90 Å². The maximum absolute atomic E-state index is 14.1. The van der Waals surface area contributed by atoms with Crippen LogP contribution in [-0.2, 0) is 10.3 Å². The van der Waals surface area contributed by atoms with Gasteiger partial charge in [-0.25, -0.2) is 13.6 Å². The lowest BCUT2D eigenvalue weighted by Gasteiger charge is -2.43. The zero-order valence-corrected chi connectivity index (χ0v) is 17.9. The van der Waals surface area contributed by atoms with Crippen LogP contribution < -0.4 is 0 Å². The summed E-state index contributed by atoms with van der Waals surface area (Å²) in [6, 6.07) is 20.4. The van der Waals surface area contributed by atoms with Crippen LogP contribution in [0.5, 0.6) is 0 Å². The van der Waals surface area contributed by atoms with Crippen molar-refractivity contribution < 1.29 is 18.3 Å². The Balaban J connectivity index is 1.52. The van der Waals surface area contributed by atoms with Gasteiger partial charge < -0.3 is 9.64 Å². The van der Waals surface area contributed by atoms with Crippen molar-refractivity contribution in [3.05, 3.63) is 108 Å². The van der Waals surface area contributed by atoms with Crippen LogP contribution in [0.4, 0.5) is 13.6 Å². The SMILES string of the molecule is C=CC[C@]1(c2ccccc2)CCN([C@@H](C)c2ccc(-c3ccc(F)cc3F)cc2)C(=O)O1. The molecule has 2 atom stereocenters. The van der Waals surface area contributed by atoms with E-state index < -0.39 is 17.2 Å². The summed E-state index contributed by atoms with van der Waals surface area (Å²) < 4.78 is 33.3. The summed E-state index contributed by atoms with van der Waals surface area (Å²) in [6.07, 6.45) is 2.61. The highest BCUT2D eigenvalue weighted by atomic mass is 19.1. The molecule has 0 aromatic heterocycles. The first-order valence-corrected chi connectivity index (χ1v) is 10.6. The predicted octanol–water partition coefficient (Wildman–Crippen LogP) is 7.01. The standard InChI is InChI=1S/C27H25F2NO2/c1-3-15-27(22-7-5-4-6-8-22)16-17-30(26(31)32-27)19(2)20-9-11-21(12-10-20)24-14-13-23(28)18-25(24)29/h3-14,18-19H,1,15-17H2,2H3/t19-,27+/m0/s1. The van der Waals surface area contributed by atoms with Crippen LogP contribution in [0.2, 0.25) is 0 Å². The first-order chi connectivity index (χ1) is 15.4. The molecular formula is C27H25F2NO2. The van der Waals surface area contributed by atoms with Crippen LogP contribution in [0.25, 0.3) is 11.1 Å². The highest BCUT2D eigenvalue weighted by molar-refractivity contribution is 5.70. The van der Waals surface area contributed by atoms with E-state index in [0.29, 0.717) is 30.5 Å². The monoisotopic (exact) mass is 433 g/mol. The fraction of sp³-hybridized carbons (Fsp3) is 0.222. The van der Waals surface area contributed by atoms with Crippen molar-refractivity contribution in [3.63, 3.8) is 0 Å². The lowest BCUT2D eigenvalue weighted by atomic mass is 9.85. The van der Waals surface area contributed by atoms with Gasteiger partial charge in [-0.05, 0) is 35.7 Å². The molecule has 1 aliphatic heterocycles. The minimum Gasteiger partial charge on any atom is -0.437 e. The fourth-order valence-electron chi connectivity index (χ4n) is 4.31. The Morgan fingerprint density at radius 1 is 1.09 bits per heavy atom. The normalized spacial score (nSPS) is 19.3. The Morgan fingerprint density at radius 2 is 1.81 bits per heavy atom. The van der Waals surface area contributed by atoms with Crippen LogP contribution in [0.3, 0.4) is 0 Å². The number of halogens is 2. The van der Waals surface area contributed by atoms with E-state index in [-0.39, 0.29) is 12.1 Å². The van der Waals surface area contributed by atoms with Crippen LogP contribution in [-0.4, -0.2) is 17.5 Å². The zero-order valence-electron chi connectivity index (χ0n) is 17.9. The van der Waals surface area contributed by atoms with Crippen molar-refractivity contribution in [2.24, 2.45) is 0 Å². The average molecular weight is 433 g/mol. The topological polar surface area (TPSA) is 29.5 Å². The number of cyclic esters (lactones) is 1. The number of ether oxygens (including phenoxy) is 1. The van der Waals surface area contributed by atoms with Crippen molar-refractivity contribution in [1.29, 1.82) is 0 Å². The van der Waals surface area contributed by atoms with Crippen LogP contribution in [0.1, 0.15) is 36.9 Å². The molecule has 32 heavy (non-hydrogen) atoms. The lowest BCUT2D eigenvalue weighted by Crippen LogP contribution is -2.48. The summed E-state index contributed by atoms with van der Waals surface area (Å²) in [5, 5.41) is 0. The summed E-state index contributed by atoms with van der Waals surface area (Å²) in [6.45, 7) is 6.32. The van der Waals surface area contributed by atoms with Gasteiger partial charge >= 0.3 is 6.09 Å². The van der Waals surface area contributed by atoms with Crippen molar-refractivity contribution in [2.45, 2.75) is 31.4 Å². The largest absolute Gasteiger partial charge is 0.437 e. The van der Waals surface area contributed by atoms with Gasteiger partial charge in [0.25, 0.3) is 0 Å². The van der Waals surface area contributed by atoms with E-state index in [1.165, 1.54) is 12.1 Å². The quantitative estimate of drug-likeness (QED) is 0.392. The van der Waals surface area contributed by atoms with Crippen molar-refractivity contribution >= 4 is 6.09 Å². The lowest BCUT2D eigenvalue weighted by molar-refractivity contribution is -0.0588. The average Bonchev–Trinajstić information content (AvgIpc) is 2.80. The Hall–Kier alpha value is -3.47. The minimum atomic E-state index is -0.708. The third-order valence-corrected chi connectivity index (χ3v) is 6.15. The first kappa shape index (κ1) is 21.8. The molecule has 0 aliphatic carbocycles. The third-order valence-electron chi connectivity index (χ3n) is 6.15. The van der Waals surface area contributed by atoms with Gasteiger partial charge in [0, 0.05) is 31.0 Å². The van der Waals surface area contributed by atoms with Crippen molar-refractivity contribution in [2.75, 3.05) is 6.54 Å². The first-order valence-electron chi connectivity index (χ1n) is 10.6. The van der Waals surface area contributed by atoms with E-state index in [0.717, 1.165) is 17.2 Å². The Bertz CT molecular complexity index is 1110. The number of rotatable bonds is 6. The minimum absolute atomic E-state index is 0.216. The van der Waals surface area contributed by atoms with Crippen LogP contribution in [0.15, 0.2) is 85.5 Å². The number of carbonyl (C=O) groups is 1. The van der Waals surface area contributed by atoms with E-state index in [1.54, 1.807) is 23.1 Å². The Labute approximate surface area is 187 Å². The molecule has 3 aromatic rings. The second-order valence-corrected chi connectivity index (χ2v) is 8.09. The third kappa shape index (κ3) is 4.15. The van der Waals surface area contributed by atoms with E-state index in [9.17, 15) is 13.6 Å². The van der Waals surface area contributed by atoms with E-state index >= 15 is 0 Å². The summed E-state index contributed by atoms with van der Waals surface area (Å²) in [5.41, 5.74) is 2.14. The number of benzene rings is 3. The molecule has 1 amide bonds. The molecule has 0 radical (unpaired) electrons. The highest BCUT2D eigenvalue weighted by Gasteiger charge is 2.42. The van der Waals surface area contributed by atoms with Gasteiger partial charge in [-0.3, -0.25) is 0 Å². The number of hydrogen-bond acceptors (Lipinski definition) is 2. The molecule has 5 heteroatoms. The van der Waals surface area contributed by atoms with Crippen molar-refractivity contribution in [3.8, 4) is 11.1 Å². The molecule has 0 bridgehead atoms. The molecule has 0 spiro atoms. The summed E-state index contributed by atoms with van der Waals surface area (Å²) in [4.78, 5) is 14.7. The second kappa shape index (κ2) is 8.95. The molecule has 3 nitrogen and oxygen atoms in total. The summed E-state index contributed by atoms with van der Waals surface area (Å²) in [7, 11) is 0. The van der Waals surface area contributed by atoms with Crippen LogP contribution >= 0.6 is 0 Å². The summed E-state index contributed by atoms with van der Waals surface area (Å²) >= 11 is 0. The Morgan fingerprint density at radius 3 is 2.44 bits per heavy atom. The molecule has 1 aliphatic rings. The molecule has 1 saturated heterocycles. The van der Waals surface area contributed by atoms with E-state index in [1.807, 2.05) is 49.4 Å². The Kier molecular flexibility index (Phi) is 6.08. The molecule has 4 rings (SSSR count). The zero-order chi connectivity index (χ0) is 22.7. The molecule has 0 N–H and O–H groups in total. The molecule has 164 valence electrons.